The average molecular weight is 491 g/mol. The summed E-state index contributed by atoms with van der Waals surface area (Å²) in [4.78, 5) is 37.1. The smallest absolute Gasteiger partial charge is 0.343 e. The van der Waals surface area contributed by atoms with E-state index in [1.165, 1.54) is 22.6 Å². The van der Waals surface area contributed by atoms with E-state index >= 15 is 0 Å². The summed E-state index contributed by atoms with van der Waals surface area (Å²) in [5.74, 6) is -0.0620. The van der Waals surface area contributed by atoms with Gasteiger partial charge in [0.05, 0.1) is 31.3 Å². The Labute approximate surface area is 207 Å². The molecule has 9 nitrogen and oxygen atoms in total. The summed E-state index contributed by atoms with van der Waals surface area (Å²) in [6.45, 7) is 9.54. The number of aryl methyl sites for hydroxylation is 3. The number of ether oxygens (including phenoxy) is 1. The molecule has 1 amide bonds. The van der Waals surface area contributed by atoms with Crippen LogP contribution < -0.4 is 5.32 Å². The van der Waals surface area contributed by atoms with Crippen molar-refractivity contribution in [3.8, 4) is 5.82 Å². The van der Waals surface area contributed by atoms with Crippen molar-refractivity contribution in [2.24, 2.45) is 4.99 Å². The van der Waals surface area contributed by atoms with Crippen molar-refractivity contribution in [3.63, 3.8) is 0 Å². The van der Waals surface area contributed by atoms with Crippen LogP contribution in [-0.4, -0.2) is 56.4 Å². The second kappa shape index (κ2) is 9.18. The van der Waals surface area contributed by atoms with Crippen LogP contribution in [-0.2, 0) is 9.53 Å². The lowest BCUT2D eigenvalue weighted by molar-refractivity contribution is -0.115. The van der Waals surface area contributed by atoms with E-state index in [1.807, 2.05) is 30.2 Å². The van der Waals surface area contributed by atoms with Crippen LogP contribution in [0.2, 0.25) is 0 Å². The Kier molecular flexibility index (Phi) is 6.06. The van der Waals surface area contributed by atoms with Gasteiger partial charge in [-0.1, -0.05) is 23.4 Å². The lowest BCUT2D eigenvalue weighted by Gasteiger charge is -2.17. The largest absolute Gasteiger partial charge is 0.462 e. The molecule has 1 aromatic carbocycles. The Morgan fingerprint density at radius 3 is 2.80 bits per heavy atom. The van der Waals surface area contributed by atoms with Crippen LogP contribution in [0.3, 0.4) is 0 Å². The monoisotopic (exact) mass is 490 g/mol. The third-order valence-electron chi connectivity index (χ3n) is 5.97. The van der Waals surface area contributed by atoms with Gasteiger partial charge in [-0.05, 0) is 56.4 Å². The zero-order valence-corrected chi connectivity index (χ0v) is 20.9. The summed E-state index contributed by atoms with van der Waals surface area (Å²) < 4.78 is 6.71. The Morgan fingerprint density at radius 1 is 1.17 bits per heavy atom. The van der Waals surface area contributed by atoms with E-state index in [0.29, 0.717) is 5.82 Å². The molecule has 2 aromatic heterocycles. The molecule has 0 saturated carbocycles. The predicted molar refractivity (Wildman–Crippen MR) is 137 cm³/mol. The number of amides is 1. The second-order valence-corrected chi connectivity index (χ2v) is 9.42. The molecule has 0 fully saturated rings. The van der Waals surface area contributed by atoms with Gasteiger partial charge in [0.25, 0.3) is 0 Å². The number of aromatic nitrogens is 3. The first-order chi connectivity index (χ1) is 16.9. The van der Waals surface area contributed by atoms with Crippen LogP contribution in [0.25, 0.3) is 16.7 Å². The first kappa shape index (κ1) is 23.1. The van der Waals surface area contributed by atoms with E-state index in [-0.39, 0.29) is 30.3 Å². The van der Waals surface area contributed by atoms with Gasteiger partial charge in [0, 0.05) is 17.6 Å². The summed E-state index contributed by atoms with van der Waals surface area (Å²) >= 11 is 1.52. The van der Waals surface area contributed by atoms with Crippen molar-refractivity contribution in [3.05, 3.63) is 57.8 Å². The van der Waals surface area contributed by atoms with Crippen molar-refractivity contribution < 1.29 is 14.3 Å². The van der Waals surface area contributed by atoms with E-state index in [4.69, 9.17) is 9.72 Å². The van der Waals surface area contributed by atoms with E-state index in [9.17, 15) is 9.59 Å². The van der Waals surface area contributed by atoms with Crippen molar-refractivity contribution in [1.82, 2.24) is 19.7 Å². The zero-order chi connectivity index (χ0) is 24.7. The number of nitrogens with one attached hydrogen (secondary N) is 1. The summed E-state index contributed by atoms with van der Waals surface area (Å²) in [7, 11) is 0. The fraction of sp³-hybridized carbons (Fsp3) is 0.320. The molecular formula is C25H26N6O3S. The van der Waals surface area contributed by atoms with Crippen LogP contribution in [0.4, 0.5) is 5.82 Å². The number of benzene rings is 1. The van der Waals surface area contributed by atoms with Crippen LogP contribution in [0.1, 0.15) is 40.4 Å². The summed E-state index contributed by atoms with van der Waals surface area (Å²) in [6, 6.07) is 6.09. The first-order valence-corrected chi connectivity index (χ1v) is 12.4. The molecule has 2 aliphatic heterocycles. The van der Waals surface area contributed by atoms with Gasteiger partial charge in [0.1, 0.15) is 5.56 Å². The van der Waals surface area contributed by atoms with Crippen LogP contribution in [0.15, 0.2) is 40.5 Å². The predicted octanol–water partition coefficient (Wildman–Crippen LogP) is 4.11. The minimum atomic E-state index is -0.553. The Hall–Kier alpha value is -3.66. The number of hydrogen-bond acceptors (Lipinski definition) is 8. The van der Waals surface area contributed by atoms with Crippen molar-refractivity contribution in [2.45, 2.75) is 34.1 Å². The molecule has 2 aliphatic rings. The highest BCUT2D eigenvalue weighted by Crippen LogP contribution is 2.32. The van der Waals surface area contributed by atoms with Gasteiger partial charge in [-0.3, -0.25) is 9.79 Å². The van der Waals surface area contributed by atoms with Gasteiger partial charge < -0.3 is 15.0 Å². The zero-order valence-electron chi connectivity index (χ0n) is 20.1. The number of amidine groups is 1. The topological polar surface area (TPSA) is 102 Å². The summed E-state index contributed by atoms with van der Waals surface area (Å²) in [5.41, 5.74) is 5.15. The molecule has 10 heteroatoms. The second-order valence-electron chi connectivity index (χ2n) is 8.58. The highest BCUT2D eigenvalue weighted by molar-refractivity contribution is 8.16. The van der Waals surface area contributed by atoms with E-state index in [2.05, 4.69) is 34.5 Å². The number of aliphatic imine (C=N–C) groups is 1. The fourth-order valence-electron chi connectivity index (χ4n) is 4.39. The molecule has 0 bridgehead atoms. The van der Waals surface area contributed by atoms with Crippen molar-refractivity contribution in [2.75, 3.05) is 25.0 Å². The van der Waals surface area contributed by atoms with E-state index in [0.717, 1.165) is 51.5 Å². The molecule has 5 rings (SSSR count). The summed E-state index contributed by atoms with van der Waals surface area (Å²) in [5, 5.41) is 11.2. The van der Waals surface area contributed by atoms with E-state index < -0.39 is 5.97 Å². The molecule has 4 heterocycles. The van der Waals surface area contributed by atoms with Gasteiger partial charge >= 0.3 is 5.97 Å². The molecule has 0 spiro atoms. The molecular weight excluding hydrogens is 464 g/mol. The van der Waals surface area contributed by atoms with Crippen LogP contribution in [0.5, 0.6) is 0 Å². The Balaban J connectivity index is 1.52. The fourth-order valence-corrected chi connectivity index (χ4v) is 5.35. The minimum absolute atomic E-state index is 0.155. The Morgan fingerprint density at radius 2 is 2.00 bits per heavy atom. The lowest BCUT2D eigenvalue weighted by atomic mass is 10.0. The minimum Gasteiger partial charge on any atom is -0.462 e. The third-order valence-corrected chi connectivity index (χ3v) is 6.92. The number of rotatable bonds is 6. The van der Waals surface area contributed by atoms with Gasteiger partial charge in [-0.2, -0.15) is 9.78 Å². The lowest BCUT2D eigenvalue weighted by Crippen LogP contribution is -2.25. The number of anilines is 1. The van der Waals surface area contributed by atoms with Crippen LogP contribution in [0, 0.1) is 20.8 Å². The number of esters is 1. The maximum Gasteiger partial charge on any atom is 0.343 e. The molecule has 0 aliphatic carbocycles. The highest BCUT2D eigenvalue weighted by atomic mass is 32.2. The van der Waals surface area contributed by atoms with Gasteiger partial charge in [-0.15, -0.1) is 0 Å². The normalized spacial score (nSPS) is 14.7. The van der Waals surface area contributed by atoms with Crippen molar-refractivity contribution >= 4 is 45.5 Å². The number of carbonyl (C=O) groups is 2. The molecule has 35 heavy (non-hydrogen) atoms. The number of pyridine rings is 1. The van der Waals surface area contributed by atoms with Crippen molar-refractivity contribution in [1.29, 1.82) is 0 Å². The van der Waals surface area contributed by atoms with Crippen LogP contribution >= 0.6 is 11.8 Å². The Bertz CT molecular complexity index is 1420. The number of fused-ring (bicyclic) bond motifs is 2. The number of hydrogen-bond donors (Lipinski definition) is 1. The molecule has 0 unspecified atom stereocenters. The molecule has 0 atom stereocenters. The molecule has 180 valence electrons. The first-order valence-electron chi connectivity index (χ1n) is 11.5. The highest BCUT2D eigenvalue weighted by Gasteiger charge is 2.29. The average Bonchev–Trinajstić information content (AvgIpc) is 3.52. The summed E-state index contributed by atoms with van der Waals surface area (Å²) in [6.07, 6.45) is 1.56. The quantitative estimate of drug-likeness (QED) is 0.519. The third kappa shape index (κ3) is 4.29. The SMILES string of the molecule is CCOC(=O)c1cnn(-c2cc(C)c3cc(C)cc(C)c3n2)c1NC(=O)CC1=CSC2=NCCN12. The van der Waals surface area contributed by atoms with Gasteiger partial charge in [0.2, 0.25) is 5.91 Å². The number of thioether (sulfide) groups is 1. The number of nitrogens with zero attached hydrogens (tertiary/aromatic N) is 5. The molecule has 3 aromatic rings. The maximum absolute atomic E-state index is 13.1. The number of carbonyl (C=O) groups excluding carboxylic acids is 2. The van der Waals surface area contributed by atoms with Gasteiger partial charge in [0.15, 0.2) is 16.8 Å². The van der Waals surface area contributed by atoms with E-state index in [1.54, 1.807) is 6.92 Å². The standard InChI is InChI=1S/C25H26N6O3S/c1-5-34-24(33)19-12-27-31(20-10-15(3)18-9-14(2)8-16(4)22(18)28-20)23(19)29-21(32)11-17-13-35-25-26-6-7-30(17)25/h8-10,12-13H,5-7,11H2,1-4H3,(H,29,32). The molecule has 1 N–H and O–H groups in total. The molecule has 0 radical (unpaired) electrons. The maximum atomic E-state index is 13.1. The van der Waals surface area contributed by atoms with Gasteiger partial charge in [-0.25, -0.2) is 9.78 Å². The molecule has 0 saturated heterocycles.